The van der Waals surface area contributed by atoms with Crippen molar-refractivity contribution in [3.8, 4) is 0 Å². The predicted octanol–water partition coefficient (Wildman–Crippen LogP) is 2.66. The maximum atomic E-state index is 11.2. The Morgan fingerprint density at radius 1 is 1.28 bits per heavy atom. The van der Waals surface area contributed by atoms with Gasteiger partial charge in [-0.15, -0.1) is 0 Å². The first-order valence-corrected chi connectivity index (χ1v) is 6.08. The Morgan fingerprint density at radius 2 is 1.94 bits per heavy atom. The minimum Gasteiger partial charge on any atom is -0.387 e. The Bertz CT molecular complexity index is 583. The first-order chi connectivity index (χ1) is 8.63. The average molecular weight is 264 g/mol. The standard InChI is InChI=1S/C14H14ClNO2/c1-9(16-14(18)8-17)10-6-7-13(15)12-5-3-2-4-11(10)12/h2-7,9,17H,8H2,1H3,(H,16,18). The van der Waals surface area contributed by atoms with E-state index in [1.807, 2.05) is 43.3 Å². The van der Waals surface area contributed by atoms with Gasteiger partial charge in [0.05, 0.1) is 6.04 Å². The molecular weight excluding hydrogens is 250 g/mol. The highest BCUT2D eigenvalue weighted by Crippen LogP contribution is 2.29. The molecule has 3 nitrogen and oxygen atoms in total. The summed E-state index contributed by atoms with van der Waals surface area (Å²) >= 11 is 6.14. The van der Waals surface area contributed by atoms with Gasteiger partial charge in [0.15, 0.2) is 0 Å². The van der Waals surface area contributed by atoms with Gasteiger partial charge in [-0.3, -0.25) is 4.79 Å². The summed E-state index contributed by atoms with van der Waals surface area (Å²) in [4.78, 5) is 11.2. The number of rotatable bonds is 3. The summed E-state index contributed by atoms with van der Waals surface area (Å²) in [6.07, 6.45) is 0. The number of halogens is 1. The Morgan fingerprint density at radius 3 is 2.61 bits per heavy atom. The summed E-state index contributed by atoms with van der Waals surface area (Å²) in [5, 5.41) is 14.1. The highest BCUT2D eigenvalue weighted by Gasteiger charge is 2.12. The van der Waals surface area contributed by atoms with Gasteiger partial charge in [0.2, 0.25) is 5.91 Å². The van der Waals surface area contributed by atoms with Gasteiger partial charge >= 0.3 is 0 Å². The molecule has 0 aliphatic rings. The van der Waals surface area contributed by atoms with Crippen molar-refractivity contribution in [3.63, 3.8) is 0 Å². The molecule has 4 heteroatoms. The monoisotopic (exact) mass is 263 g/mol. The molecule has 0 saturated heterocycles. The lowest BCUT2D eigenvalue weighted by Crippen LogP contribution is -2.29. The van der Waals surface area contributed by atoms with Crippen molar-refractivity contribution < 1.29 is 9.90 Å². The maximum Gasteiger partial charge on any atom is 0.246 e. The fraction of sp³-hybridized carbons (Fsp3) is 0.214. The van der Waals surface area contributed by atoms with Crippen molar-refractivity contribution in [1.29, 1.82) is 0 Å². The molecule has 94 valence electrons. The number of carbonyl (C=O) groups excluding carboxylic acids is 1. The summed E-state index contributed by atoms with van der Waals surface area (Å²) in [5.41, 5.74) is 0.983. The van der Waals surface area contributed by atoms with Crippen LogP contribution in [0.5, 0.6) is 0 Å². The minimum atomic E-state index is -0.504. The van der Waals surface area contributed by atoms with Crippen LogP contribution in [0.4, 0.5) is 0 Å². The number of fused-ring (bicyclic) bond motifs is 1. The van der Waals surface area contributed by atoms with Gasteiger partial charge in [-0.1, -0.05) is 41.9 Å². The van der Waals surface area contributed by atoms with E-state index in [1.165, 1.54) is 0 Å². The van der Waals surface area contributed by atoms with Crippen LogP contribution in [0, 0.1) is 0 Å². The Kier molecular flexibility index (Phi) is 3.84. The molecule has 2 rings (SSSR count). The lowest BCUT2D eigenvalue weighted by molar-refractivity contribution is -0.124. The molecule has 2 aromatic carbocycles. The summed E-state index contributed by atoms with van der Waals surface area (Å²) in [6, 6.07) is 11.3. The number of nitrogens with one attached hydrogen (secondary N) is 1. The number of hydrogen-bond acceptors (Lipinski definition) is 2. The fourth-order valence-electron chi connectivity index (χ4n) is 2.03. The maximum absolute atomic E-state index is 11.2. The molecule has 1 amide bonds. The van der Waals surface area contributed by atoms with Crippen LogP contribution in [0.1, 0.15) is 18.5 Å². The van der Waals surface area contributed by atoms with Gasteiger partial charge in [-0.05, 0) is 23.9 Å². The van der Waals surface area contributed by atoms with Crippen molar-refractivity contribution in [2.45, 2.75) is 13.0 Å². The highest BCUT2D eigenvalue weighted by atomic mass is 35.5. The third-order valence-corrected chi connectivity index (χ3v) is 3.22. The lowest BCUT2D eigenvalue weighted by Gasteiger charge is -2.16. The summed E-state index contributed by atoms with van der Waals surface area (Å²) in [6.45, 7) is 1.37. The highest BCUT2D eigenvalue weighted by molar-refractivity contribution is 6.35. The van der Waals surface area contributed by atoms with Crippen LogP contribution in [-0.2, 0) is 4.79 Å². The first kappa shape index (κ1) is 12.9. The quantitative estimate of drug-likeness (QED) is 0.894. The van der Waals surface area contributed by atoms with Gasteiger partial charge in [0.25, 0.3) is 0 Å². The Balaban J connectivity index is 2.45. The van der Waals surface area contributed by atoms with Gasteiger partial charge < -0.3 is 10.4 Å². The van der Waals surface area contributed by atoms with Crippen LogP contribution in [0.25, 0.3) is 10.8 Å². The van der Waals surface area contributed by atoms with Gasteiger partial charge in [-0.25, -0.2) is 0 Å². The molecule has 2 N–H and O–H groups in total. The van der Waals surface area contributed by atoms with Crippen LogP contribution in [0.15, 0.2) is 36.4 Å². The second kappa shape index (κ2) is 5.38. The minimum absolute atomic E-state index is 0.174. The molecule has 2 aromatic rings. The second-order valence-corrected chi connectivity index (χ2v) is 4.54. The third-order valence-electron chi connectivity index (χ3n) is 2.89. The van der Waals surface area contributed by atoms with Gasteiger partial charge in [0, 0.05) is 10.4 Å². The van der Waals surface area contributed by atoms with Crippen molar-refractivity contribution in [1.82, 2.24) is 5.32 Å². The third kappa shape index (κ3) is 2.47. The summed E-state index contributed by atoms with van der Waals surface area (Å²) in [7, 11) is 0. The van der Waals surface area contributed by atoms with Crippen molar-refractivity contribution in [2.24, 2.45) is 0 Å². The SMILES string of the molecule is CC(NC(=O)CO)c1ccc(Cl)c2ccccc12. The molecule has 1 unspecified atom stereocenters. The van der Waals surface area contributed by atoms with E-state index in [2.05, 4.69) is 5.32 Å². The molecule has 0 spiro atoms. The molecule has 0 aliphatic carbocycles. The van der Waals surface area contributed by atoms with Crippen molar-refractivity contribution in [3.05, 3.63) is 47.0 Å². The van der Waals surface area contributed by atoms with Crippen LogP contribution < -0.4 is 5.32 Å². The van der Waals surface area contributed by atoms with Crippen molar-refractivity contribution in [2.75, 3.05) is 6.61 Å². The molecule has 0 bridgehead atoms. The van der Waals surface area contributed by atoms with E-state index < -0.39 is 6.61 Å². The normalized spacial score (nSPS) is 12.4. The van der Waals surface area contributed by atoms with E-state index in [9.17, 15) is 4.79 Å². The fourth-order valence-corrected chi connectivity index (χ4v) is 2.26. The first-order valence-electron chi connectivity index (χ1n) is 5.71. The summed E-state index contributed by atoms with van der Waals surface area (Å²) in [5.74, 6) is -0.387. The Labute approximate surface area is 110 Å². The zero-order chi connectivity index (χ0) is 13.1. The van der Waals surface area contributed by atoms with Crippen LogP contribution in [0.3, 0.4) is 0 Å². The number of benzene rings is 2. The van der Waals surface area contributed by atoms with Crippen molar-refractivity contribution >= 4 is 28.3 Å². The number of aliphatic hydroxyl groups is 1. The smallest absolute Gasteiger partial charge is 0.246 e. The zero-order valence-corrected chi connectivity index (χ0v) is 10.7. The zero-order valence-electron chi connectivity index (χ0n) is 9.98. The summed E-state index contributed by atoms with van der Waals surface area (Å²) < 4.78 is 0. The topological polar surface area (TPSA) is 49.3 Å². The molecule has 0 aliphatic heterocycles. The van der Waals surface area contributed by atoms with E-state index in [-0.39, 0.29) is 11.9 Å². The number of aliphatic hydroxyl groups excluding tert-OH is 1. The number of amides is 1. The predicted molar refractivity (Wildman–Crippen MR) is 72.6 cm³/mol. The number of hydrogen-bond donors (Lipinski definition) is 2. The lowest BCUT2D eigenvalue weighted by atomic mass is 9.99. The molecule has 0 radical (unpaired) electrons. The van der Waals surface area contributed by atoms with Crippen LogP contribution >= 0.6 is 11.6 Å². The van der Waals surface area contributed by atoms with E-state index in [0.29, 0.717) is 5.02 Å². The molecule has 0 fully saturated rings. The van der Waals surface area contributed by atoms with Gasteiger partial charge in [-0.2, -0.15) is 0 Å². The van der Waals surface area contributed by atoms with E-state index in [4.69, 9.17) is 16.7 Å². The van der Waals surface area contributed by atoms with Gasteiger partial charge in [0.1, 0.15) is 6.61 Å². The molecule has 0 saturated carbocycles. The largest absolute Gasteiger partial charge is 0.387 e. The average Bonchev–Trinajstić information content (AvgIpc) is 2.39. The molecule has 1 atom stereocenters. The van der Waals surface area contributed by atoms with Crippen LogP contribution in [-0.4, -0.2) is 17.6 Å². The molecule has 0 aromatic heterocycles. The molecular formula is C14H14ClNO2. The van der Waals surface area contributed by atoms with E-state index in [1.54, 1.807) is 0 Å². The number of carbonyl (C=O) groups is 1. The van der Waals surface area contributed by atoms with E-state index in [0.717, 1.165) is 16.3 Å². The Hall–Kier alpha value is -1.58. The molecule has 0 heterocycles. The second-order valence-electron chi connectivity index (χ2n) is 4.13. The van der Waals surface area contributed by atoms with Crippen LogP contribution in [0.2, 0.25) is 5.02 Å². The van der Waals surface area contributed by atoms with E-state index >= 15 is 0 Å². The molecule has 18 heavy (non-hydrogen) atoms.